The van der Waals surface area contributed by atoms with Gasteiger partial charge in [0.15, 0.2) is 5.01 Å². The van der Waals surface area contributed by atoms with E-state index in [1.807, 2.05) is 10.8 Å². The van der Waals surface area contributed by atoms with E-state index in [2.05, 4.69) is 5.32 Å². The highest BCUT2D eigenvalue weighted by molar-refractivity contribution is 7.83. The van der Waals surface area contributed by atoms with E-state index in [0.29, 0.717) is 42.6 Å². The molecule has 222 valence electrons. The number of fused-ring (bicyclic) bond motifs is 1. The van der Waals surface area contributed by atoms with E-state index >= 15 is 0 Å². The van der Waals surface area contributed by atoms with Crippen LogP contribution in [0.5, 0.6) is 0 Å². The van der Waals surface area contributed by atoms with Crippen molar-refractivity contribution in [3.05, 3.63) is 47.1 Å². The molecular weight excluding hydrogens is 583 g/mol. The number of nitrogens with one attached hydrogen (secondary N) is 2. The largest absolute Gasteiger partial charge is 0.402 e. The van der Waals surface area contributed by atoms with Crippen LogP contribution in [0.2, 0.25) is 0 Å². The van der Waals surface area contributed by atoms with E-state index in [-0.39, 0.29) is 35.3 Å². The number of benzene rings is 2. The first-order valence-corrected chi connectivity index (χ1v) is 15.6. The number of likely N-dealkylation sites (tertiary alicyclic amines) is 1. The number of piperidine rings is 1. The van der Waals surface area contributed by atoms with Crippen LogP contribution in [0.15, 0.2) is 41.3 Å². The van der Waals surface area contributed by atoms with Crippen LogP contribution in [0, 0.1) is 5.92 Å². The maximum Gasteiger partial charge on any atom is 0.402 e. The van der Waals surface area contributed by atoms with Crippen LogP contribution < -0.4 is 10.0 Å². The van der Waals surface area contributed by atoms with Gasteiger partial charge in [-0.05, 0) is 42.1 Å². The Balaban J connectivity index is 1.39. The molecule has 2 aromatic carbocycles. The minimum atomic E-state index is -4.50. The average Bonchev–Trinajstić information content (AvgIpc) is 3.31. The third-order valence-corrected chi connectivity index (χ3v) is 9.81. The molecule has 1 aliphatic heterocycles. The van der Waals surface area contributed by atoms with Crippen molar-refractivity contribution in [2.75, 3.05) is 32.7 Å². The van der Waals surface area contributed by atoms with Gasteiger partial charge in [0.1, 0.15) is 17.5 Å². The van der Waals surface area contributed by atoms with Crippen molar-refractivity contribution in [3.8, 4) is 10.4 Å². The van der Waals surface area contributed by atoms with Crippen molar-refractivity contribution in [1.82, 2.24) is 19.9 Å². The first-order chi connectivity index (χ1) is 19.5. The molecule has 0 radical (unpaired) electrons. The second-order valence-corrected chi connectivity index (χ2v) is 12.9. The Bertz CT molecular complexity index is 1420. The summed E-state index contributed by atoms with van der Waals surface area (Å²) in [6.45, 7) is -0.585. The fraction of sp³-hybridized carbons (Fsp3) is 0.500. The number of thiazole rings is 1. The number of rotatable bonds is 10. The zero-order chi connectivity index (χ0) is 29.2. The zero-order valence-electron chi connectivity index (χ0n) is 22.2. The van der Waals surface area contributed by atoms with Crippen LogP contribution in [-0.2, 0) is 17.4 Å². The van der Waals surface area contributed by atoms with Crippen molar-refractivity contribution < 1.29 is 31.0 Å². The smallest absolute Gasteiger partial charge is 0.349 e. The molecule has 1 amide bonds. The van der Waals surface area contributed by atoms with Crippen molar-refractivity contribution in [2.45, 2.75) is 55.5 Å². The monoisotopic (exact) mass is 614 g/mol. The molecule has 1 saturated heterocycles. The third-order valence-electron chi connectivity index (χ3n) is 7.52. The van der Waals surface area contributed by atoms with E-state index in [9.17, 15) is 31.0 Å². The number of carbonyl (C=O) groups excluding carboxylic acids is 1. The van der Waals surface area contributed by atoms with Gasteiger partial charge in [-0.15, -0.1) is 11.3 Å². The van der Waals surface area contributed by atoms with E-state index < -0.39 is 29.6 Å². The van der Waals surface area contributed by atoms with E-state index in [1.165, 1.54) is 11.3 Å². The number of carbonyl (C=O) groups is 1. The fourth-order valence-corrected chi connectivity index (χ4v) is 7.33. The summed E-state index contributed by atoms with van der Waals surface area (Å²) >= 11 is 1.23. The quantitative estimate of drug-likeness (QED) is 0.277. The predicted octanol–water partition coefficient (Wildman–Crippen LogP) is 5.94. The topological polar surface area (TPSA) is 74.3 Å². The molecule has 2 N–H and O–H groups in total. The molecule has 1 saturated carbocycles. The summed E-state index contributed by atoms with van der Waals surface area (Å²) < 4.78 is 80.4. The summed E-state index contributed by atoms with van der Waals surface area (Å²) in [5.41, 5.74) is 1.54. The minimum absolute atomic E-state index is 0.114. The second kappa shape index (κ2) is 12.4. The summed E-state index contributed by atoms with van der Waals surface area (Å²) in [6.07, 6.45) is -0.221. The van der Waals surface area contributed by atoms with Crippen LogP contribution in [0.25, 0.3) is 21.2 Å². The molecule has 41 heavy (non-hydrogen) atoms. The second-order valence-electron chi connectivity index (χ2n) is 10.6. The molecule has 1 aliphatic carbocycles. The van der Waals surface area contributed by atoms with Gasteiger partial charge in [0.05, 0.1) is 22.0 Å². The third kappa shape index (κ3) is 7.49. The van der Waals surface area contributed by atoms with E-state index in [4.69, 9.17) is 4.98 Å². The van der Waals surface area contributed by atoms with Crippen LogP contribution in [-0.4, -0.2) is 64.8 Å². The molecule has 1 unspecified atom stereocenters. The first kappa shape index (κ1) is 30.0. The van der Waals surface area contributed by atoms with Gasteiger partial charge in [-0.2, -0.15) is 13.2 Å². The number of aromatic nitrogens is 1. The number of amides is 1. The predicted molar refractivity (Wildman–Crippen MR) is 150 cm³/mol. The highest BCUT2D eigenvalue weighted by atomic mass is 32.2. The minimum Gasteiger partial charge on any atom is -0.349 e. The maximum absolute atomic E-state index is 13.7. The Labute approximate surface area is 241 Å². The molecule has 5 rings (SSSR count). The molecular formula is C28H31F5N4O2S2. The van der Waals surface area contributed by atoms with E-state index in [0.717, 1.165) is 35.4 Å². The Hall–Kier alpha value is -2.48. The number of alkyl halides is 5. The number of hydrogen-bond acceptors (Lipinski definition) is 5. The Morgan fingerprint density at radius 2 is 1.88 bits per heavy atom. The summed E-state index contributed by atoms with van der Waals surface area (Å²) in [4.78, 5) is 20.4. The van der Waals surface area contributed by atoms with Crippen LogP contribution in [0.1, 0.15) is 47.6 Å². The molecule has 1 atom stereocenters. The Morgan fingerprint density at radius 1 is 1.12 bits per heavy atom. The molecule has 1 aromatic heterocycles. The van der Waals surface area contributed by atoms with Crippen LogP contribution in [0.4, 0.5) is 22.0 Å². The van der Waals surface area contributed by atoms with Crippen LogP contribution in [0.3, 0.4) is 0 Å². The highest BCUT2D eigenvalue weighted by Crippen LogP contribution is 2.40. The molecule has 2 fully saturated rings. The Kier molecular flexibility index (Phi) is 9.07. The maximum atomic E-state index is 13.7. The van der Waals surface area contributed by atoms with Gasteiger partial charge in [0.2, 0.25) is 0 Å². The van der Waals surface area contributed by atoms with Crippen LogP contribution >= 0.6 is 11.3 Å². The average molecular weight is 615 g/mol. The van der Waals surface area contributed by atoms with Gasteiger partial charge in [0.25, 0.3) is 11.8 Å². The van der Waals surface area contributed by atoms with Crippen molar-refractivity contribution in [3.63, 3.8) is 0 Å². The van der Waals surface area contributed by atoms with Gasteiger partial charge in [-0.3, -0.25) is 9.69 Å². The van der Waals surface area contributed by atoms with Crippen molar-refractivity contribution in [1.29, 1.82) is 0 Å². The van der Waals surface area contributed by atoms with Crippen molar-refractivity contribution >= 4 is 39.0 Å². The summed E-state index contributed by atoms with van der Waals surface area (Å²) in [7, 11) is -2.09. The van der Waals surface area contributed by atoms with Gasteiger partial charge in [-0.25, -0.2) is 22.7 Å². The lowest BCUT2D eigenvalue weighted by molar-refractivity contribution is -0.121. The lowest BCUT2D eigenvalue weighted by Crippen LogP contribution is -2.45. The molecule has 0 spiro atoms. The number of halogens is 5. The van der Waals surface area contributed by atoms with Gasteiger partial charge in [-0.1, -0.05) is 49.6 Å². The molecule has 6 nitrogen and oxygen atoms in total. The standard InChI is InChI=1S/C28H31F5N4O2S2/c29-27(30)11-4-13-37(17-27)14-12-34-25(38)26-36-22(15-18-5-3-6-18)24(40-26)21-9-10-23(20-8-2-1-7-19(20)21)41(39)35-16-28(31,32)33/h1-2,7-10,18,35H,3-6,11-17H2,(H,34,38). The van der Waals surface area contributed by atoms with Gasteiger partial charge in [0, 0.05) is 25.1 Å². The number of hydrogen-bond donors (Lipinski definition) is 2. The fourth-order valence-electron chi connectivity index (χ4n) is 5.26. The molecule has 3 aromatic rings. The molecule has 13 heteroatoms. The lowest BCUT2D eigenvalue weighted by atomic mass is 9.81. The first-order valence-electron chi connectivity index (χ1n) is 13.6. The summed E-state index contributed by atoms with van der Waals surface area (Å²) in [5, 5.41) is 4.33. The zero-order valence-corrected chi connectivity index (χ0v) is 23.9. The number of nitrogens with zero attached hydrogens (tertiary/aromatic N) is 2. The molecule has 2 heterocycles. The highest BCUT2D eigenvalue weighted by Gasteiger charge is 2.35. The molecule has 2 aliphatic rings. The normalized spacial score (nSPS) is 18.8. The summed E-state index contributed by atoms with van der Waals surface area (Å²) in [6, 6.07) is 10.3. The van der Waals surface area contributed by atoms with Gasteiger partial charge >= 0.3 is 6.18 Å². The Morgan fingerprint density at radius 3 is 2.56 bits per heavy atom. The van der Waals surface area contributed by atoms with Crippen molar-refractivity contribution in [2.24, 2.45) is 5.92 Å². The van der Waals surface area contributed by atoms with Gasteiger partial charge < -0.3 is 5.32 Å². The molecule has 0 bridgehead atoms. The van der Waals surface area contributed by atoms with E-state index in [1.54, 1.807) is 35.2 Å². The summed E-state index contributed by atoms with van der Waals surface area (Å²) in [5.74, 6) is -2.63. The SMILES string of the molecule is O=C(NCCN1CCCC(F)(F)C1)c1nc(CC2CCC2)c(-c2ccc(S(=O)NCC(F)(F)F)c3ccccc23)s1. The lowest BCUT2D eigenvalue weighted by Gasteiger charge is -2.32.